The Labute approximate surface area is 305 Å². The topological polar surface area (TPSA) is 137 Å². The molecule has 4 aliphatic heterocycles. The van der Waals surface area contributed by atoms with E-state index in [9.17, 15) is 18.8 Å². The highest BCUT2D eigenvalue weighted by Crippen LogP contribution is 2.45. The predicted octanol–water partition coefficient (Wildman–Crippen LogP) is 5.46. The van der Waals surface area contributed by atoms with Gasteiger partial charge in [0.2, 0.25) is 11.8 Å². The maximum absolute atomic E-state index is 16.6. The molecule has 276 valence electrons. The Balaban J connectivity index is 0.839. The normalized spacial score (nSPS) is 23.4. The molecule has 1 saturated carbocycles. The molecule has 14 heteroatoms. The van der Waals surface area contributed by atoms with Gasteiger partial charge < -0.3 is 14.5 Å². The van der Waals surface area contributed by atoms with Gasteiger partial charge in [0.15, 0.2) is 11.6 Å². The minimum Gasteiger partial charge on any atom is -0.484 e. The molecule has 53 heavy (non-hydrogen) atoms. The zero-order chi connectivity index (χ0) is 36.5. The van der Waals surface area contributed by atoms with Crippen LogP contribution in [-0.4, -0.2) is 91.2 Å². The van der Waals surface area contributed by atoms with Gasteiger partial charge in [-0.05, 0) is 69.9 Å². The van der Waals surface area contributed by atoms with Crippen molar-refractivity contribution in [3.63, 3.8) is 0 Å². The summed E-state index contributed by atoms with van der Waals surface area (Å²) in [6.45, 7) is 4.38. The average Bonchev–Trinajstić information content (AvgIpc) is 3.61. The van der Waals surface area contributed by atoms with Crippen LogP contribution >= 0.6 is 0 Å². The number of hydrogen-bond donors (Lipinski definition) is 2. The molecule has 0 bridgehead atoms. The number of fused-ring (bicyclic) bond motifs is 2. The molecule has 3 amide bonds. The fraction of sp³-hybridized carbons (Fsp3) is 0.487. The number of aromatic amines is 1. The first-order valence-electron chi connectivity index (χ1n) is 18.7. The number of likely N-dealkylation sites (tertiary alicyclic amines) is 1. The lowest BCUT2D eigenvalue weighted by atomic mass is 9.80. The van der Waals surface area contributed by atoms with E-state index >= 15 is 4.39 Å². The van der Waals surface area contributed by atoms with Gasteiger partial charge >= 0.3 is 0 Å². The molecule has 2 aromatic carbocycles. The van der Waals surface area contributed by atoms with Crippen molar-refractivity contribution in [3.8, 4) is 17.1 Å². The summed E-state index contributed by atoms with van der Waals surface area (Å²) in [5.41, 5.74) is 1.56. The SMILES string of the molecule is CC1(Oc2cc3c(-c4cc(N5CCC(CC6(F)CCN(C7c8ccccc8C(=O)N7C7CC(=O)NC(=O)C7)CC6)CC5)ncn4)n[nH]c3cc2F)CC1. The van der Waals surface area contributed by atoms with E-state index in [0.29, 0.717) is 54.8 Å². The van der Waals surface area contributed by atoms with Gasteiger partial charge in [-0.15, -0.1) is 0 Å². The van der Waals surface area contributed by atoms with Gasteiger partial charge in [-0.3, -0.25) is 29.7 Å². The average molecular weight is 725 g/mol. The summed E-state index contributed by atoms with van der Waals surface area (Å²) in [5.74, 6) is -0.181. The summed E-state index contributed by atoms with van der Waals surface area (Å²) >= 11 is 0. The lowest BCUT2D eigenvalue weighted by Crippen LogP contribution is -2.54. The number of halogens is 2. The molecule has 3 saturated heterocycles. The molecule has 0 spiro atoms. The van der Waals surface area contributed by atoms with Crippen LogP contribution < -0.4 is 15.0 Å². The number of carbonyl (C=O) groups is 3. The number of rotatable bonds is 8. The quantitative estimate of drug-likeness (QED) is 0.227. The molecule has 0 radical (unpaired) electrons. The van der Waals surface area contributed by atoms with Crippen LogP contribution in [0.4, 0.5) is 14.6 Å². The maximum atomic E-state index is 16.6. The number of aromatic nitrogens is 4. The van der Waals surface area contributed by atoms with Crippen LogP contribution in [0.1, 0.15) is 86.8 Å². The summed E-state index contributed by atoms with van der Waals surface area (Å²) in [5, 5.41) is 10.4. The second-order valence-corrected chi connectivity index (χ2v) is 15.7. The van der Waals surface area contributed by atoms with Crippen LogP contribution in [-0.2, 0) is 9.59 Å². The van der Waals surface area contributed by atoms with E-state index in [1.165, 1.54) is 12.4 Å². The Morgan fingerprint density at radius 3 is 2.42 bits per heavy atom. The number of hydrogen-bond acceptors (Lipinski definition) is 9. The van der Waals surface area contributed by atoms with Gasteiger partial charge in [0.25, 0.3) is 5.91 Å². The van der Waals surface area contributed by atoms with Gasteiger partial charge in [-0.2, -0.15) is 5.10 Å². The fourth-order valence-electron chi connectivity index (χ4n) is 8.75. The highest BCUT2D eigenvalue weighted by atomic mass is 19.1. The number of nitrogens with one attached hydrogen (secondary N) is 2. The third-order valence-corrected chi connectivity index (χ3v) is 11.9. The maximum Gasteiger partial charge on any atom is 0.256 e. The summed E-state index contributed by atoms with van der Waals surface area (Å²) in [7, 11) is 0. The summed E-state index contributed by atoms with van der Waals surface area (Å²) in [4.78, 5) is 53.3. The van der Waals surface area contributed by atoms with E-state index in [0.717, 1.165) is 55.5 Å². The number of alkyl halides is 1. The number of H-pyrrole nitrogens is 1. The number of amides is 3. The Kier molecular flexibility index (Phi) is 8.20. The monoisotopic (exact) mass is 724 g/mol. The van der Waals surface area contributed by atoms with E-state index in [1.807, 2.05) is 31.2 Å². The second-order valence-electron chi connectivity index (χ2n) is 15.7. The molecule has 6 heterocycles. The van der Waals surface area contributed by atoms with Crippen LogP contribution in [0.2, 0.25) is 0 Å². The number of anilines is 1. The number of imide groups is 1. The van der Waals surface area contributed by atoms with Gasteiger partial charge in [0.05, 0.1) is 17.3 Å². The van der Waals surface area contributed by atoms with Crippen molar-refractivity contribution in [3.05, 3.63) is 65.7 Å². The summed E-state index contributed by atoms with van der Waals surface area (Å²) in [6, 6.07) is 11.9. The van der Waals surface area contributed by atoms with Crippen LogP contribution in [0.3, 0.4) is 0 Å². The molecule has 1 atom stereocenters. The van der Waals surface area contributed by atoms with E-state index in [2.05, 4.69) is 35.3 Å². The van der Waals surface area contributed by atoms with Gasteiger partial charge in [-0.1, -0.05) is 18.2 Å². The minimum atomic E-state index is -1.32. The molecular weight excluding hydrogens is 682 g/mol. The van der Waals surface area contributed by atoms with Crippen molar-refractivity contribution in [1.82, 2.24) is 35.3 Å². The Morgan fingerprint density at radius 2 is 1.68 bits per heavy atom. The standard InChI is InChI=1S/C39H42F2N8O4/c1-38(8-9-38)53-31-18-27-29(19-28(31)40)45-46-35(27)30-20-32(43-22-42-30)47-12-6-23(7-13-47)21-39(41)10-14-48(15-11-39)36-25-4-2-3-5-26(25)37(52)49(36)24-16-33(50)44-34(51)17-24/h2-5,18-20,22-24,36H,6-17,21H2,1H3,(H,45,46)(H,44,50,51). The van der Waals surface area contributed by atoms with Crippen LogP contribution in [0.25, 0.3) is 22.3 Å². The number of carbonyl (C=O) groups excluding carboxylic acids is 3. The molecular formula is C39H42F2N8O4. The fourth-order valence-corrected chi connectivity index (χ4v) is 8.75. The Morgan fingerprint density at radius 1 is 0.943 bits per heavy atom. The highest BCUT2D eigenvalue weighted by molar-refractivity contribution is 6.02. The number of ether oxygens (including phenoxy) is 1. The van der Waals surface area contributed by atoms with Gasteiger partial charge in [0, 0.05) is 67.7 Å². The Bertz CT molecular complexity index is 2090. The smallest absolute Gasteiger partial charge is 0.256 e. The summed E-state index contributed by atoms with van der Waals surface area (Å²) in [6.07, 6.45) is 5.83. The molecule has 1 aliphatic carbocycles. The predicted molar refractivity (Wildman–Crippen MR) is 191 cm³/mol. The van der Waals surface area contributed by atoms with Crippen LogP contribution in [0.15, 0.2) is 48.8 Å². The zero-order valence-corrected chi connectivity index (χ0v) is 29.6. The van der Waals surface area contributed by atoms with E-state index < -0.39 is 23.7 Å². The lowest BCUT2D eigenvalue weighted by Gasteiger charge is -2.45. The zero-order valence-electron chi connectivity index (χ0n) is 29.6. The number of piperidine rings is 3. The summed E-state index contributed by atoms with van der Waals surface area (Å²) < 4.78 is 37.3. The van der Waals surface area contributed by atoms with E-state index in [-0.39, 0.29) is 47.8 Å². The largest absolute Gasteiger partial charge is 0.484 e. The molecule has 5 aliphatic rings. The van der Waals surface area contributed by atoms with Crippen molar-refractivity contribution in [2.45, 2.75) is 88.2 Å². The highest BCUT2D eigenvalue weighted by Gasteiger charge is 2.48. The van der Waals surface area contributed by atoms with Crippen molar-refractivity contribution in [1.29, 1.82) is 0 Å². The second kappa shape index (κ2) is 12.9. The molecule has 9 rings (SSSR count). The third-order valence-electron chi connectivity index (χ3n) is 11.9. The number of nitrogens with zero attached hydrogens (tertiary/aromatic N) is 6. The number of benzene rings is 2. The van der Waals surface area contributed by atoms with Crippen LogP contribution in [0, 0.1) is 11.7 Å². The van der Waals surface area contributed by atoms with Crippen LogP contribution in [0.5, 0.6) is 5.75 Å². The Hall–Kier alpha value is -4.98. The first-order valence-corrected chi connectivity index (χ1v) is 18.7. The van der Waals surface area contributed by atoms with Gasteiger partial charge in [-0.25, -0.2) is 18.7 Å². The van der Waals surface area contributed by atoms with E-state index in [4.69, 9.17) is 4.74 Å². The first-order chi connectivity index (χ1) is 25.5. The lowest BCUT2D eigenvalue weighted by molar-refractivity contribution is -0.136. The molecule has 2 N–H and O–H groups in total. The molecule has 4 fully saturated rings. The minimum absolute atomic E-state index is 0.0643. The van der Waals surface area contributed by atoms with E-state index in [1.54, 1.807) is 17.0 Å². The van der Waals surface area contributed by atoms with Crippen molar-refractivity contribution < 1.29 is 27.9 Å². The van der Waals surface area contributed by atoms with Crippen molar-refractivity contribution in [2.75, 3.05) is 31.1 Å². The third kappa shape index (κ3) is 6.40. The van der Waals surface area contributed by atoms with Gasteiger partial charge in [0.1, 0.15) is 35.3 Å². The molecule has 4 aromatic rings. The molecule has 12 nitrogen and oxygen atoms in total. The first kappa shape index (κ1) is 33.8. The van der Waals surface area contributed by atoms with Crippen molar-refractivity contribution in [2.24, 2.45) is 5.92 Å². The van der Waals surface area contributed by atoms with Crippen molar-refractivity contribution >= 4 is 34.4 Å². The molecule has 1 unspecified atom stereocenters. The molecule has 2 aromatic heterocycles.